The van der Waals surface area contributed by atoms with E-state index in [4.69, 9.17) is 4.42 Å². The van der Waals surface area contributed by atoms with Crippen LogP contribution in [-0.4, -0.2) is 0 Å². The number of nitrogens with zero attached hydrogens (tertiary/aromatic N) is 2. The molecule has 52 heavy (non-hydrogen) atoms. The minimum absolute atomic E-state index is 0.825. The maximum Gasteiger partial charge on any atom is 0.201 e. The zero-order chi connectivity index (χ0) is 34.7. The van der Waals surface area contributed by atoms with Crippen molar-refractivity contribution in [3.8, 4) is 0 Å². The van der Waals surface area contributed by atoms with E-state index in [0.717, 1.165) is 58.9 Å². The van der Waals surface area contributed by atoms with Gasteiger partial charge >= 0.3 is 0 Å². The van der Waals surface area contributed by atoms with Crippen LogP contribution in [0.1, 0.15) is 22.3 Å². The summed E-state index contributed by atoms with van der Waals surface area (Å²) in [6.07, 6.45) is 0. The van der Waals surface area contributed by atoms with E-state index in [0.29, 0.717) is 0 Å². The molecule has 9 rings (SSSR count). The van der Waals surface area contributed by atoms with Crippen LogP contribution in [0.2, 0.25) is 0 Å². The Bertz CT molecular complexity index is 2640. The summed E-state index contributed by atoms with van der Waals surface area (Å²) in [4.78, 5) is 2.45. The van der Waals surface area contributed by atoms with Crippen LogP contribution in [0.15, 0.2) is 192 Å². The Morgan fingerprint density at radius 1 is 0.385 bits per heavy atom. The number of hydrogen-bond donors (Lipinski definition) is 0. The first-order valence-electron chi connectivity index (χ1n) is 18.1. The molecule has 0 fully saturated rings. The van der Waals surface area contributed by atoms with Crippen molar-refractivity contribution >= 4 is 49.2 Å². The molecule has 3 heteroatoms. The summed E-state index contributed by atoms with van der Waals surface area (Å²) in [5, 5.41) is 7.96. The first-order valence-corrected chi connectivity index (χ1v) is 18.1. The summed E-state index contributed by atoms with van der Waals surface area (Å²) in [6.45, 7) is 3.30. The third-order valence-electron chi connectivity index (χ3n) is 10.1. The second-order valence-electron chi connectivity index (χ2n) is 13.7. The van der Waals surface area contributed by atoms with Crippen molar-refractivity contribution < 1.29 is 4.42 Å². The quantitative estimate of drug-likeness (QED) is 0.0864. The van der Waals surface area contributed by atoms with E-state index >= 15 is 0 Å². The Morgan fingerprint density at radius 2 is 0.827 bits per heavy atom. The number of hydrogen-bond acceptors (Lipinski definition) is 2. The lowest BCUT2D eigenvalue weighted by Crippen LogP contribution is -2.28. The second-order valence-corrected chi connectivity index (χ2v) is 13.7. The van der Waals surface area contributed by atoms with E-state index in [9.17, 15) is 0 Å². The molecular formula is C49H39N2O+. The van der Waals surface area contributed by atoms with Crippen molar-refractivity contribution in [2.75, 3.05) is 4.90 Å². The first-order chi connectivity index (χ1) is 25.7. The summed E-state index contributed by atoms with van der Waals surface area (Å²) >= 11 is 0. The Kier molecular flexibility index (Phi) is 8.52. The topological polar surface area (TPSA) is 19.4 Å². The predicted molar refractivity (Wildman–Crippen MR) is 217 cm³/mol. The molecule has 0 aliphatic rings. The van der Waals surface area contributed by atoms with Crippen LogP contribution in [0.4, 0.5) is 5.69 Å². The zero-order valence-electron chi connectivity index (χ0n) is 29.0. The molecule has 3 nitrogen and oxygen atoms in total. The number of anilines is 1. The molecule has 0 amide bonds. The highest BCUT2D eigenvalue weighted by atomic mass is 16.3. The van der Waals surface area contributed by atoms with E-state index in [2.05, 4.69) is 198 Å². The zero-order valence-corrected chi connectivity index (χ0v) is 29.0. The van der Waals surface area contributed by atoms with Gasteiger partial charge in [0.15, 0.2) is 13.1 Å². The van der Waals surface area contributed by atoms with Gasteiger partial charge in [0.1, 0.15) is 11.2 Å². The van der Waals surface area contributed by atoms with Crippen molar-refractivity contribution in [2.45, 2.75) is 26.2 Å². The molecule has 250 valence electrons. The highest BCUT2D eigenvalue weighted by Gasteiger charge is 2.15. The molecule has 9 aromatic rings. The van der Waals surface area contributed by atoms with E-state index in [-0.39, 0.29) is 0 Å². The molecule has 0 atom stereocenters. The van der Waals surface area contributed by atoms with Gasteiger partial charge in [-0.2, -0.15) is 0 Å². The highest BCUT2D eigenvalue weighted by molar-refractivity contribution is 6.11. The SMILES string of the molecule is c1ccc(CN(Cc2ccccc2)c2ccc3c(ccc4cc5ccc6cc(=[N+](Cc7ccccc7)Cc7ccccc7)ccc6c5oc43)c2)cc1. The highest BCUT2D eigenvalue weighted by Crippen LogP contribution is 2.35. The van der Waals surface area contributed by atoms with Gasteiger partial charge in [-0.25, -0.2) is 4.58 Å². The van der Waals surface area contributed by atoms with Gasteiger partial charge in [-0.05, 0) is 52.2 Å². The van der Waals surface area contributed by atoms with Crippen LogP contribution in [0.25, 0.3) is 43.5 Å². The molecule has 0 aliphatic carbocycles. The summed E-state index contributed by atoms with van der Waals surface area (Å²) in [5.74, 6) is 0. The average molecular weight is 672 g/mol. The number of benzene rings is 8. The fourth-order valence-corrected chi connectivity index (χ4v) is 7.42. The van der Waals surface area contributed by atoms with Crippen LogP contribution < -0.4 is 14.8 Å². The third kappa shape index (κ3) is 6.57. The Morgan fingerprint density at radius 3 is 1.35 bits per heavy atom. The molecular weight excluding hydrogens is 633 g/mol. The summed E-state index contributed by atoms with van der Waals surface area (Å²) in [6, 6.07) is 67.6. The smallest absolute Gasteiger partial charge is 0.201 e. The normalized spacial score (nSPS) is 11.4. The Balaban J connectivity index is 1.13. The van der Waals surface area contributed by atoms with Gasteiger partial charge in [-0.1, -0.05) is 146 Å². The van der Waals surface area contributed by atoms with Crippen molar-refractivity contribution in [1.82, 2.24) is 4.58 Å². The third-order valence-corrected chi connectivity index (χ3v) is 10.1. The van der Waals surface area contributed by atoms with Gasteiger partial charge < -0.3 is 9.32 Å². The van der Waals surface area contributed by atoms with Crippen LogP contribution in [0, 0.1) is 0 Å². The van der Waals surface area contributed by atoms with Crippen LogP contribution in [0.3, 0.4) is 0 Å². The molecule has 0 bridgehead atoms. The van der Waals surface area contributed by atoms with Crippen molar-refractivity contribution in [3.05, 3.63) is 216 Å². The number of rotatable bonds is 9. The lowest BCUT2D eigenvalue weighted by molar-refractivity contribution is 0.565. The summed E-state index contributed by atoms with van der Waals surface area (Å²) < 4.78 is 9.38. The Labute approximate surface area is 304 Å². The van der Waals surface area contributed by atoms with E-state index < -0.39 is 0 Å². The average Bonchev–Trinajstić information content (AvgIpc) is 3.21. The minimum atomic E-state index is 0.825. The number of fused-ring (bicyclic) bond motifs is 6. The van der Waals surface area contributed by atoms with Gasteiger partial charge in [-0.3, -0.25) is 0 Å². The van der Waals surface area contributed by atoms with Gasteiger partial charge in [0.05, 0.1) is 0 Å². The first kappa shape index (κ1) is 31.5. The molecule has 8 aromatic carbocycles. The minimum Gasteiger partial charge on any atom is -0.455 e. The van der Waals surface area contributed by atoms with E-state index in [1.807, 2.05) is 0 Å². The van der Waals surface area contributed by atoms with Crippen LogP contribution in [-0.2, 0) is 26.2 Å². The van der Waals surface area contributed by atoms with Gasteiger partial charge in [0.2, 0.25) is 5.36 Å². The maximum atomic E-state index is 6.93. The molecule has 0 spiro atoms. The van der Waals surface area contributed by atoms with Crippen molar-refractivity contribution in [1.29, 1.82) is 0 Å². The van der Waals surface area contributed by atoms with Crippen molar-refractivity contribution in [2.24, 2.45) is 0 Å². The largest absolute Gasteiger partial charge is 0.455 e. The van der Waals surface area contributed by atoms with Gasteiger partial charge in [0, 0.05) is 63.6 Å². The molecule has 0 saturated heterocycles. The maximum absolute atomic E-state index is 6.93. The molecule has 0 N–H and O–H groups in total. The van der Waals surface area contributed by atoms with E-state index in [1.54, 1.807) is 0 Å². The molecule has 1 aromatic heterocycles. The molecule has 0 unspecified atom stereocenters. The van der Waals surface area contributed by atoms with Gasteiger partial charge in [-0.15, -0.1) is 0 Å². The summed E-state index contributed by atoms with van der Waals surface area (Å²) in [5.41, 5.74) is 8.18. The fraction of sp³-hybridized carbons (Fsp3) is 0.0816. The predicted octanol–water partition coefficient (Wildman–Crippen LogP) is 11.3. The molecule has 0 aliphatic heterocycles. The van der Waals surface area contributed by atoms with Crippen LogP contribution in [0.5, 0.6) is 0 Å². The monoisotopic (exact) mass is 671 g/mol. The lowest BCUT2D eigenvalue weighted by atomic mass is 10.0. The standard InChI is InChI=1S/C49H39N2O/c1-5-13-36(14-6-1)32-50(33-37-15-7-2-8-16-37)44-25-27-46-40(30-44)21-23-42-29-43-24-22-41-31-45(26-28-47(41)49(43)52-48(42)46)51(34-38-17-9-3-10-18-38)35-39-19-11-4-12-20-39/h1-31H,32-35H2/q+1. The molecule has 0 radical (unpaired) electrons. The second kappa shape index (κ2) is 14.0. The lowest BCUT2D eigenvalue weighted by Gasteiger charge is -2.26. The van der Waals surface area contributed by atoms with Crippen LogP contribution >= 0.6 is 0 Å². The van der Waals surface area contributed by atoms with Crippen molar-refractivity contribution in [3.63, 3.8) is 0 Å². The van der Waals surface area contributed by atoms with Gasteiger partial charge in [0.25, 0.3) is 0 Å². The van der Waals surface area contributed by atoms with E-state index in [1.165, 1.54) is 44.1 Å². The molecule has 1 heterocycles. The summed E-state index contributed by atoms with van der Waals surface area (Å²) in [7, 11) is 0. The Hall–Kier alpha value is -6.45. The molecule has 0 saturated carbocycles. The fourth-order valence-electron chi connectivity index (χ4n) is 7.42.